The second-order valence-corrected chi connectivity index (χ2v) is 4.67. The van der Waals surface area contributed by atoms with Crippen LogP contribution >= 0.6 is 0 Å². The third-order valence-corrected chi connectivity index (χ3v) is 3.04. The predicted molar refractivity (Wildman–Crippen MR) is 77.6 cm³/mol. The Kier molecular flexibility index (Phi) is 7.01. The fraction of sp³-hybridized carbons (Fsp3) is 0.467. The van der Waals surface area contributed by atoms with Gasteiger partial charge in [-0.05, 0) is 13.3 Å². The van der Waals surface area contributed by atoms with Crippen LogP contribution in [0.15, 0.2) is 36.0 Å². The Balaban J connectivity index is 2.50. The van der Waals surface area contributed by atoms with Crippen LogP contribution in [0.5, 0.6) is 0 Å². The molecule has 1 aliphatic rings. The molecule has 0 amide bonds. The van der Waals surface area contributed by atoms with Gasteiger partial charge in [0.05, 0.1) is 19.6 Å². The van der Waals surface area contributed by atoms with Gasteiger partial charge in [-0.3, -0.25) is 9.59 Å². The first kappa shape index (κ1) is 17.3. The van der Waals surface area contributed by atoms with Crippen molar-refractivity contribution >= 4 is 11.8 Å². The summed E-state index contributed by atoms with van der Waals surface area (Å²) in [6, 6.07) is -0.967. The van der Waals surface area contributed by atoms with Crippen molar-refractivity contribution in [3.05, 3.63) is 36.0 Å². The molecule has 0 aromatic carbocycles. The quantitative estimate of drug-likeness (QED) is 0.515. The van der Waals surface area contributed by atoms with E-state index in [4.69, 9.17) is 20.3 Å². The van der Waals surface area contributed by atoms with Gasteiger partial charge in [-0.2, -0.15) is 0 Å². The minimum atomic E-state index is -1.06. The molecular weight excluding hydrogens is 274 g/mol. The lowest BCUT2D eigenvalue weighted by molar-refractivity contribution is -0.138. The van der Waals surface area contributed by atoms with Gasteiger partial charge in [-0.15, -0.1) is 0 Å². The number of Topliss-reactive ketones (excluding diaryl/α,β-unsaturated/α-hetero) is 1. The van der Waals surface area contributed by atoms with Gasteiger partial charge in [-0.25, -0.2) is 0 Å². The van der Waals surface area contributed by atoms with Gasteiger partial charge in [0, 0.05) is 5.57 Å². The van der Waals surface area contributed by atoms with E-state index in [1.165, 1.54) is 0 Å². The first-order valence-electron chi connectivity index (χ1n) is 6.71. The van der Waals surface area contributed by atoms with E-state index in [0.717, 1.165) is 5.57 Å². The average Bonchev–Trinajstić information content (AvgIpc) is 2.95. The van der Waals surface area contributed by atoms with E-state index in [-0.39, 0.29) is 18.6 Å². The Morgan fingerprint density at radius 3 is 2.52 bits per heavy atom. The van der Waals surface area contributed by atoms with Gasteiger partial charge in [-0.1, -0.05) is 30.4 Å². The smallest absolute Gasteiger partial charge is 0.320 e. The van der Waals surface area contributed by atoms with Gasteiger partial charge in [0.15, 0.2) is 12.1 Å². The highest BCUT2D eigenvalue weighted by Gasteiger charge is 2.20. The summed E-state index contributed by atoms with van der Waals surface area (Å²) in [5, 5.41) is 8.78. The molecule has 0 bridgehead atoms. The highest BCUT2D eigenvalue weighted by molar-refractivity contribution is 5.97. The Labute approximate surface area is 123 Å². The molecule has 1 atom stereocenters. The van der Waals surface area contributed by atoms with E-state index in [2.05, 4.69) is 6.58 Å². The van der Waals surface area contributed by atoms with E-state index in [1.807, 2.05) is 0 Å². The van der Waals surface area contributed by atoms with E-state index in [1.54, 1.807) is 25.2 Å². The van der Waals surface area contributed by atoms with Crippen LogP contribution in [0.3, 0.4) is 0 Å². The molecular formula is C15H21NO5. The number of ketones is 1. The average molecular weight is 295 g/mol. The van der Waals surface area contributed by atoms with Gasteiger partial charge in [0.1, 0.15) is 6.04 Å². The summed E-state index contributed by atoms with van der Waals surface area (Å²) >= 11 is 0. The van der Waals surface area contributed by atoms with Crippen molar-refractivity contribution in [3.8, 4) is 0 Å². The maximum atomic E-state index is 11.9. The third kappa shape index (κ3) is 6.03. The van der Waals surface area contributed by atoms with Gasteiger partial charge in [0.25, 0.3) is 0 Å². The molecule has 3 N–H and O–H groups in total. The molecule has 1 unspecified atom stereocenters. The van der Waals surface area contributed by atoms with Crippen molar-refractivity contribution in [2.45, 2.75) is 32.1 Å². The number of carboxylic acid groups (broad SMARTS) is 1. The Morgan fingerprint density at radius 2 is 2.00 bits per heavy atom. The molecule has 0 aliphatic carbocycles. The summed E-state index contributed by atoms with van der Waals surface area (Å²) in [5.41, 5.74) is 6.52. The second-order valence-electron chi connectivity index (χ2n) is 4.67. The minimum Gasteiger partial charge on any atom is -0.480 e. The molecule has 1 rings (SSSR count). The highest BCUT2D eigenvalue weighted by atomic mass is 16.7. The lowest BCUT2D eigenvalue weighted by atomic mass is 10.0. The number of carboxylic acids is 1. The number of allylic oxidation sites excluding steroid dienone is 4. The van der Waals surface area contributed by atoms with Crippen molar-refractivity contribution in [1.29, 1.82) is 0 Å². The summed E-state index contributed by atoms with van der Waals surface area (Å²) in [5.74, 6) is -1.23. The molecule has 0 saturated carbocycles. The number of nitrogens with two attached hydrogens (primary N) is 1. The Bertz CT molecular complexity index is 461. The minimum absolute atomic E-state index is 0.128. The summed E-state index contributed by atoms with van der Waals surface area (Å²) in [6.45, 7) is 6.46. The molecule has 1 saturated heterocycles. The monoisotopic (exact) mass is 295 g/mol. The van der Waals surface area contributed by atoms with Crippen molar-refractivity contribution in [2.75, 3.05) is 13.2 Å². The molecule has 0 radical (unpaired) electrons. The summed E-state index contributed by atoms with van der Waals surface area (Å²) in [6.07, 6.45) is 4.78. The summed E-state index contributed by atoms with van der Waals surface area (Å²) in [7, 11) is 0. The van der Waals surface area contributed by atoms with Crippen LogP contribution in [0.4, 0.5) is 0 Å². The SMILES string of the molecule is C=C(C=CC(=CC)CC(N)C(=O)O)C(=O)CC1OCCO1. The molecule has 6 nitrogen and oxygen atoms in total. The zero-order valence-electron chi connectivity index (χ0n) is 12.1. The van der Waals surface area contributed by atoms with E-state index in [0.29, 0.717) is 18.8 Å². The van der Waals surface area contributed by atoms with Crippen LogP contribution in [0.1, 0.15) is 19.8 Å². The van der Waals surface area contributed by atoms with Crippen LogP contribution in [0.2, 0.25) is 0 Å². The van der Waals surface area contributed by atoms with Crippen LogP contribution in [0.25, 0.3) is 0 Å². The Hall–Kier alpha value is -1.76. The number of hydrogen-bond acceptors (Lipinski definition) is 5. The lowest BCUT2D eigenvalue weighted by Crippen LogP contribution is -2.30. The van der Waals surface area contributed by atoms with Crippen LogP contribution < -0.4 is 5.73 Å². The van der Waals surface area contributed by atoms with Crippen molar-refractivity contribution < 1.29 is 24.2 Å². The summed E-state index contributed by atoms with van der Waals surface area (Å²) < 4.78 is 10.4. The van der Waals surface area contributed by atoms with Crippen LogP contribution in [-0.4, -0.2) is 42.4 Å². The summed E-state index contributed by atoms with van der Waals surface area (Å²) in [4.78, 5) is 22.6. The number of aliphatic carboxylic acids is 1. The zero-order valence-corrected chi connectivity index (χ0v) is 12.1. The largest absolute Gasteiger partial charge is 0.480 e. The molecule has 0 spiro atoms. The maximum Gasteiger partial charge on any atom is 0.320 e. The first-order valence-corrected chi connectivity index (χ1v) is 6.71. The fourth-order valence-electron chi connectivity index (χ4n) is 1.73. The van der Waals surface area contributed by atoms with Gasteiger partial charge < -0.3 is 20.3 Å². The molecule has 116 valence electrons. The number of hydrogen-bond donors (Lipinski definition) is 2. The standard InChI is InChI=1S/C15H21NO5/c1-3-11(8-12(16)15(18)19)5-4-10(2)13(17)9-14-20-6-7-21-14/h3-5,12,14H,2,6-9,16H2,1H3,(H,18,19). The normalized spacial score (nSPS) is 18.1. The van der Waals surface area contributed by atoms with Crippen LogP contribution in [0, 0.1) is 0 Å². The Morgan fingerprint density at radius 1 is 1.38 bits per heavy atom. The molecule has 0 aromatic rings. The topological polar surface area (TPSA) is 98.9 Å². The molecule has 1 aliphatic heterocycles. The van der Waals surface area contributed by atoms with E-state index in [9.17, 15) is 9.59 Å². The maximum absolute atomic E-state index is 11.9. The van der Waals surface area contributed by atoms with Crippen molar-refractivity contribution in [3.63, 3.8) is 0 Å². The predicted octanol–water partition coefficient (Wildman–Crippen LogP) is 1.18. The molecule has 1 fully saturated rings. The number of ether oxygens (including phenoxy) is 2. The zero-order chi connectivity index (χ0) is 15.8. The van der Waals surface area contributed by atoms with E-state index < -0.39 is 18.3 Å². The lowest BCUT2D eigenvalue weighted by Gasteiger charge is -2.08. The second kappa shape index (κ2) is 8.51. The number of carbonyl (C=O) groups excluding carboxylic acids is 1. The van der Waals surface area contributed by atoms with Gasteiger partial charge >= 0.3 is 5.97 Å². The highest BCUT2D eigenvalue weighted by Crippen LogP contribution is 2.13. The van der Waals surface area contributed by atoms with Gasteiger partial charge in [0.2, 0.25) is 0 Å². The molecule has 21 heavy (non-hydrogen) atoms. The van der Waals surface area contributed by atoms with Crippen molar-refractivity contribution in [2.24, 2.45) is 5.73 Å². The van der Waals surface area contributed by atoms with Crippen molar-refractivity contribution in [1.82, 2.24) is 0 Å². The fourth-order valence-corrected chi connectivity index (χ4v) is 1.73. The van der Waals surface area contributed by atoms with E-state index >= 15 is 0 Å². The number of rotatable bonds is 8. The number of carbonyl (C=O) groups is 2. The molecule has 1 heterocycles. The molecule has 6 heteroatoms. The first-order chi connectivity index (χ1) is 9.93. The third-order valence-electron chi connectivity index (χ3n) is 3.04. The van der Waals surface area contributed by atoms with Crippen LogP contribution in [-0.2, 0) is 19.1 Å². The molecule has 0 aromatic heterocycles.